The third kappa shape index (κ3) is 44.2. The van der Waals surface area contributed by atoms with E-state index in [0.717, 1.165) is 77.0 Å². The molecule has 0 N–H and O–H groups in total. The molecular weight excluding hydrogens is 721 g/mol. The van der Waals surface area contributed by atoms with Crippen LogP contribution in [0.2, 0.25) is 0 Å². The summed E-state index contributed by atoms with van der Waals surface area (Å²) >= 11 is 0. The van der Waals surface area contributed by atoms with Crippen molar-refractivity contribution in [1.82, 2.24) is 0 Å². The second-order valence-corrected chi connectivity index (χ2v) is 16.0. The first kappa shape index (κ1) is 55.1. The summed E-state index contributed by atoms with van der Waals surface area (Å²) in [6.45, 7) is 6.46. The average molecular weight is 811 g/mol. The van der Waals surface area contributed by atoms with Gasteiger partial charge in [-0.3, -0.25) is 14.4 Å². The van der Waals surface area contributed by atoms with E-state index in [1.54, 1.807) is 0 Å². The van der Waals surface area contributed by atoms with Crippen LogP contribution in [-0.4, -0.2) is 37.2 Å². The van der Waals surface area contributed by atoms with Gasteiger partial charge in [-0.15, -0.1) is 0 Å². The molecule has 0 rings (SSSR count). The Bertz CT molecular complexity index is 1070. The van der Waals surface area contributed by atoms with E-state index in [4.69, 9.17) is 14.2 Å². The number of carbonyl (C=O) groups excluding carboxylic acids is 3. The molecule has 334 valence electrons. The quantitative estimate of drug-likeness (QED) is 0.0264. The molecule has 58 heavy (non-hydrogen) atoms. The molecule has 1 atom stereocenters. The van der Waals surface area contributed by atoms with Crippen LogP contribution in [0.3, 0.4) is 0 Å². The Morgan fingerprint density at radius 1 is 0.362 bits per heavy atom. The molecule has 0 saturated heterocycles. The number of carbonyl (C=O) groups is 3. The summed E-state index contributed by atoms with van der Waals surface area (Å²) in [7, 11) is 0. The van der Waals surface area contributed by atoms with E-state index >= 15 is 0 Å². The van der Waals surface area contributed by atoms with Gasteiger partial charge >= 0.3 is 17.9 Å². The molecule has 6 nitrogen and oxygen atoms in total. The number of rotatable bonds is 43. The third-order valence-corrected chi connectivity index (χ3v) is 10.3. The lowest BCUT2D eigenvalue weighted by molar-refractivity contribution is -0.167. The molecule has 0 aliphatic heterocycles. The Morgan fingerprint density at radius 2 is 0.672 bits per heavy atom. The van der Waals surface area contributed by atoms with Crippen LogP contribution in [0.4, 0.5) is 0 Å². The van der Waals surface area contributed by atoms with Gasteiger partial charge in [0.25, 0.3) is 0 Å². The van der Waals surface area contributed by atoms with Crippen LogP contribution in [0.1, 0.15) is 233 Å². The summed E-state index contributed by atoms with van der Waals surface area (Å²) in [4.78, 5) is 37.8. The van der Waals surface area contributed by atoms with Crippen molar-refractivity contribution in [2.75, 3.05) is 13.2 Å². The summed E-state index contributed by atoms with van der Waals surface area (Å²) in [5.74, 6) is -0.948. The lowest BCUT2D eigenvalue weighted by Gasteiger charge is -2.18. The monoisotopic (exact) mass is 811 g/mol. The van der Waals surface area contributed by atoms with Crippen LogP contribution in [0.5, 0.6) is 0 Å². The van der Waals surface area contributed by atoms with Crippen LogP contribution >= 0.6 is 0 Å². The number of hydrogen-bond donors (Lipinski definition) is 0. The molecule has 0 saturated carbocycles. The molecule has 0 heterocycles. The third-order valence-electron chi connectivity index (χ3n) is 10.3. The lowest BCUT2D eigenvalue weighted by Crippen LogP contribution is -2.30. The van der Waals surface area contributed by atoms with Crippen molar-refractivity contribution in [3.8, 4) is 0 Å². The number of esters is 3. The zero-order valence-electron chi connectivity index (χ0n) is 38.0. The lowest BCUT2D eigenvalue weighted by atomic mass is 10.0. The normalized spacial score (nSPS) is 12.5. The summed E-state index contributed by atoms with van der Waals surface area (Å²) in [6, 6.07) is 0. The van der Waals surface area contributed by atoms with E-state index in [-0.39, 0.29) is 37.5 Å². The van der Waals surface area contributed by atoms with Gasteiger partial charge < -0.3 is 14.2 Å². The number of hydrogen-bond acceptors (Lipinski definition) is 6. The second-order valence-electron chi connectivity index (χ2n) is 16.0. The van der Waals surface area contributed by atoms with Gasteiger partial charge in [0.1, 0.15) is 13.2 Å². The molecule has 0 aliphatic carbocycles. The van der Waals surface area contributed by atoms with Gasteiger partial charge in [0.05, 0.1) is 0 Å². The maximum atomic E-state index is 12.7. The number of unbranched alkanes of at least 4 members (excludes halogenated alkanes) is 22. The molecule has 1 unspecified atom stereocenters. The molecular formula is C52H90O6. The van der Waals surface area contributed by atoms with Gasteiger partial charge in [-0.2, -0.15) is 0 Å². The topological polar surface area (TPSA) is 78.9 Å². The van der Waals surface area contributed by atoms with Crippen LogP contribution < -0.4 is 0 Å². The van der Waals surface area contributed by atoms with E-state index in [0.29, 0.717) is 19.3 Å². The fourth-order valence-electron chi connectivity index (χ4n) is 6.65. The summed E-state index contributed by atoms with van der Waals surface area (Å²) in [5.41, 5.74) is 0. The minimum atomic E-state index is -0.791. The van der Waals surface area contributed by atoms with Crippen LogP contribution in [0, 0.1) is 0 Å². The fourth-order valence-corrected chi connectivity index (χ4v) is 6.65. The zero-order valence-corrected chi connectivity index (χ0v) is 38.0. The SMILES string of the molecule is CC/C=C\C/C=C\C/C=C\C/C=C\C/C=C\CCCC(=O)OCC(COC(=O)CCCCCCCCCCCCC)OC(=O)CCCCCCCCCCCCCC. The molecule has 0 spiro atoms. The van der Waals surface area contributed by atoms with Crippen LogP contribution in [0.25, 0.3) is 0 Å². The predicted octanol–water partition coefficient (Wildman–Crippen LogP) is 15.7. The molecule has 0 aromatic heterocycles. The maximum absolute atomic E-state index is 12.7. The van der Waals surface area contributed by atoms with Gasteiger partial charge in [-0.25, -0.2) is 0 Å². The van der Waals surface area contributed by atoms with E-state index in [1.165, 1.54) is 109 Å². The van der Waals surface area contributed by atoms with E-state index in [2.05, 4.69) is 81.5 Å². The Morgan fingerprint density at radius 3 is 1.05 bits per heavy atom. The number of allylic oxidation sites excluding steroid dienone is 10. The Balaban J connectivity index is 4.44. The summed E-state index contributed by atoms with van der Waals surface area (Å²) in [5, 5.41) is 0. The highest BCUT2D eigenvalue weighted by atomic mass is 16.6. The first-order valence-corrected chi connectivity index (χ1v) is 24.3. The van der Waals surface area contributed by atoms with Crippen molar-refractivity contribution in [3.05, 3.63) is 60.8 Å². The average Bonchev–Trinajstić information content (AvgIpc) is 3.22. The fraction of sp³-hybridized carbons (Fsp3) is 0.750. The van der Waals surface area contributed by atoms with E-state index in [1.807, 2.05) is 0 Å². The van der Waals surface area contributed by atoms with Gasteiger partial charge in [0.2, 0.25) is 0 Å². The van der Waals surface area contributed by atoms with Crippen LogP contribution in [-0.2, 0) is 28.6 Å². The molecule has 6 heteroatoms. The minimum Gasteiger partial charge on any atom is -0.462 e. The summed E-state index contributed by atoms with van der Waals surface area (Å²) < 4.78 is 16.7. The van der Waals surface area contributed by atoms with Crippen molar-refractivity contribution >= 4 is 17.9 Å². The largest absolute Gasteiger partial charge is 0.462 e. The van der Waals surface area contributed by atoms with E-state index < -0.39 is 6.10 Å². The Hall–Kier alpha value is -2.89. The summed E-state index contributed by atoms with van der Waals surface area (Å²) in [6.07, 6.45) is 56.3. The zero-order chi connectivity index (χ0) is 42.3. The van der Waals surface area contributed by atoms with Gasteiger partial charge in [-0.05, 0) is 57.8 Å². The highest BCUT2D eigenvalue weighted by Gasteiger charge is 2.19. The van der Waals surface area contributed by atoms with Crippen molar-refractivity contribution in [1.29, 1.82) is 0 Å². The highest BCUT2D eigenvalue weighted by Crippen LogP contribution is 2.15. The minimum absolute atomic E-state index is 0.0889. The smallest absolute Gasteiger partial charge is 0.306 e. The molecule has 0 aromatic carbocycles. The van der Waals surface area contributed by atoms with Crippen molar-refractivity contribution in [3.63, 3.8) is 0 Å². The molecule has 0 aromatic rings. The molecule has 0 fully saturated rings. The highest BCUT2D eigenvalue weighted by molar-refractivity contribution is 5.71. The van der Waals surface area contributed by atoms with Gasteiger partial charge in [0.15, 0.2) is 6.10 Å². The molecule has 0 aliphatic rings. The van der Waals surface area contributed by atoms with Crippen molar-refractivity contribution in [2.24, 2.45) is 0 Å². The van der Waals surface area contributed by atoms with Crippen molar-refractivity contribution in [2.45, 2.75) is 239 Å². The van der Waals surface area contributed by atoms with E-state index in [9.17, 15) is 14.4 Å². The van der Waals surface area contributed by atoms with Crippen LogP contribution in [0.15, 0.2) is 60.8 Å². The molecule has 0 bridgehead atoms. The maximum Gasteiger partial charge on any atom is 0.306 e. The first-order valence-electron chi connectivity index (χ1n) is 24.3. The van der Waals surface area contributed by atoms with Crippen molar-refractivity contribution < 1.29 is 28.6 Å². The van der Waals surface area contributed by atoms with Gasteiger partial charge in [0, 0.05) is 19.3 Å². The second kappa shape index (κ2) is 46.8. The molecule has 0 radical (unpaired) electrons. The molecule has 0 amide bonds. The Kier molecular flexibility index (Phi) is 44.5. The number of ether oxygens (including phenoxy) is 3. The predicted molar refractivity (Wildman–Crippen MR) is 247 cm³/mol. The standard InChI is InChI=1S/C52H90O6/c1-4-7-10-13-16-19-22-24-25-26-27-28-31-33-36-39-42-45-51(54)57-48-49(47-56-50(53)44-41-38-35-32-29-21-18-15-12-9-6-3)58-52(55)46-43-40-37-34-30-23-20-17-14-11-8-5-2/h7,10,16,19,24-25,27-28,33,36,49H,4-6,8-9,11-15,17-18,20-23,26,29-32,34-35,37-48H2,1-3H3/b10-7-,19-16-,25-24-,28-27-,36-33-. The first-order chi connectivity index (χ1) is 28.5. The Labute approximate surface area is 358 Å². The van der Waals surface area contributed by atoms with Gasteiger partial charge in [-0.1, -0.05) is 216 Å².